The molecule has 1 atom stereocenters. The zero-order valence-corrected chi connectivity index (χ0v) is 8.47. The summed E-state index contributed by atoms with van der Waals surface area (Å²) in [5, 5.41) is 0. The molecule has 2 nitrogen and oxygen atoms in total. The molecule has 12 heavy (non-hydrogen) atoms. The standard InChI is InChI=1S/C10H22N2/c1-3-12-7-4-5-10(2,9-11)6-8-12/h3-9,11H2,1-2H3. The largest absolute Gasteiger partial charge is 0.330 e. The van der Waals surface area contributed by atoms with Crippen LogP contribution < -0.4 is 5.73 Å². The Hall–Kier alpha value is -0.0800. The van der Waals surface area contributed by atoms with Crippen molar-refractivity contribution in [3.05, 3.63) is 0 Å². The molecule has 0 bridgehead atoms. The lowest BCUT2D eigenvalue weighted by Crippen LogP contribution is -2.29. The third-order valence-corrected chi connectivity index (χ3v) is 3.23. The van der Waals surface area contributed by atoms with E-state index < -0.39 is 0 Å². The highest BCUT2D eigenvalue weighted by molar-refractivity contribution is 4.80. The highest BCUT2D eigenvalue weighted by Gasteiger charge is 2.25. The van der Waals surface area contributed by atoms with Crippen LogP contribution in [-0.2, 0) is 0 Å². The molecule has 0 saturated carbocycles. The minimum Gasteiger partial charge on any atom is -0.330 e. The molecule has 0 aromatic rings. The molecule has 1 saturated heterocycles. The topological polar surface area (TPSA) is 29.3 Å². The highest BCUT2D eigenvalue weighted by atomic mass is 15.1. The maximum atomic E-state index is 5.78. The predicted octanol–water partition coefficient (Wildman–Crippen LogP) is 1.46. The molecule has 0 spiro atoms. The summed E-state index contributed by atoms with van der Waals surface area (Å²) >= 11 is 0. The summed E-state index contributed by atoms with van der Waals surface area (Å²) in [6.45, 7) is 9.12. The first-order valence-electron chi connectivity index (χ1n) is 5.12. The summed E-state index contributed by atoms with van der Waals surface area (Å²) in [4.78, 5) is 2.53. The molecule has 1 aliphatic rings. The van der Waals surface area contributed by atoms with Gasteiger partial charge in [-0.05, 0) is 50.9 Å². The number of likely N-dealkylation sites (tertiary alicyclic amines) is 1. The second-order valence-corrected chi connectivity index (χ2v) is 4.30. The average molecular weight is 170 g/mol. The van der Waals surface area contributed by atoms with Crippen LogP contribution in [0.4, 0.5) is 0 Å². The number of hydrogen-bond acceptors (Lipinski definition) is 2. The Labute approximate surface area is 76.1 Å². The maximum absolute atomic E-state index is 5.78. The quantitative estimate of drug-likeness (QED) is 0.680. The fraction of sp³-hybridized carbons (Fsp3) is 1.00. The summed E-state index contributed by atoms with van der Waals surface area (Å²) in [5.41, 5.74) is 6.20. The Morgan fingerprint density at radius 1 is 1.33 bits per heavy atom. The molecule has 0 aromatic carbocycles. The van der Waals surface area contributed by atoms with E-state index in [0.717, 1.165) is 6.54 Å². The van der Waals surface area contributed by atoms with E-state index >= 15 is 0 Å². The Balaban J connectivity index is 2.44. The summed E-state index contributed by atoms with van der Waals surface area (Å²) in [5.74, 6) is 0. The van der Waals surface area contributed by atoms with Gasteiger partial charge in [0, 0.05) is 0 Å². The number of nitrogens with zero attached hydrogens (tertiary/aromatic N) is 1. The van der Waals surface area contributed by atoms with Gasteiger partial charge >= 0.3 is 0 Å². The van der Waals surface area contributed by atoms with Crippen molar-refractivity contribution in [1.29, 1.82) is 0 Å². The van der Waals surface area contributed by atoms with Gasteiger partial charge in [0.15, 0.2) is 0 Å². The van der Waals surface area contributed by atoms with Gasteiger partial charge in [-0.2, -0.15) is 0 Å². The van der Waals surface area contributed by atoms with E-state index in [2.05, 4.69) is 18.7 Å². The van der Waals surface area contributed by atoms with Crippen LogP contribution in [0.15, 0.2) is 0 Å². The fourth-order valence-corrected chi connectivity index (χ4v) is 1.91. The van der Waals surface area contributed by atoms with Crippen molar-refractivity contribution < 1.29 is 0 Å². The molecule has 72 valence electrons. The van der Waals surface area contributed by atoms with Crippen LogP contribution in [-0.4, -0.2) is 31.1 Å². The van der Waals surface area contributed by atoms with Gasteiger partial charge in [-0.15, -0.1) is 0 Å². The summed E-state index contributed by atoms with van der Waals surface area (Å²) in [6.07, 6.45) is 3.90. The molecule has 1 aliphatic heterocycles. The molecule has 0 amide bonds. The van der Waals surface area contributed by atoms with Crippen LogP contribution in [0.2, 0.25) is 0 Å². The van der Waals surface area contributed by atoms with Crippen LogP contribution in [0.25, 0.3) is 0 Å². The third-order valence-electron chi connectivity index (χ3n) is 3.23. The Kier molecular flexibility index (Phi) is 3.53. The van der Waals surface area contributed by atoms with Crippen LogP contribution in [0.3, 0.4) is 0 Å². The first-order chi connectivity index (χ1) is 5.70. The van der Waals surface area contributed by atoms with Gasteiger partial charge in [0.05, 0.1) is 0 Å². The second kappa shape index (κ2) is 4.24. The smallest absolute Gasteiger partial charge is 0.00132 e. The van der Waals surface area contributed by atoms with E-state index in [9.17, 15) is 0 Å². The van der Waals surface area contributed by atoms with Crippen molar-refractivity contribution in [3.63, 3.8) is 0 Å². The molecular weight excluding hydrogens is 148 g/mol. The molecule has 1 unspecified atom stereocenters. The fourth-order valence-electron chi connectivity index (χ4n) is 1.91. The minimum absolute atomic E-state index is 0.421. The SMILES string of the molecule is CCN1CCCC(C)(CN)CC1. The van der Waals surface area contributed by atoms with Crippen molar-refractivity contribution in [2.75, 3.05) is 26.2 Å². The number of nitrogens with two attached hydrogens (primary N) is 1. The van der Waals surface area contributed by atoms with E-state index in [1.807, 2.05) is 0 Å². The number of hydrogen-bond donors (Lipinski definition) is 1. The van der Waals surface area contributed by atoms with Crippen molar-refractivity contribution in [3.8, 4) is 0 Å². The Bertz CT molecular complexity index is 136. The molecule has 1 fully saturated rings. The van der Waals surface area contributed by atoms with Gasteiger partial charge in [-0.1, -0.05) is 13.8 Å². The molecule has 1 rings (SSSR count). The van der Waals surface area contributed by atoms with Crippen LogP contribution in [0.1, 0.15) is 33.1 Å². The lowest BCUT2D eigenvalue weighted by molar-refractivity contribution is 0.261. The van der Waals surface area contributed by atoms with E-state index in [0.29, 0.717) is 5.41 Å². The van der Waals surface area contributed by atoms with Crippen LogP contribution in [0, 0.1) is 5.41 Å². The summed E-state index contributed by atoms with van der Waals surface area (Å²) in [7, 11) is 0. The monoisotopic (exact) mass is 170 g/mol. The lowest BCUT2D eigenvalue weighted by Gasteiger charge is -2.26. The molecule has 0 aromatic heterocycles. The summed E-state index contributed by atoms with van der Waals surface area (Å²) < 4.78 is 0. The first-order valence-corrected chi connectivity index (χ1v) is 5.12. The maximum Gasteiger partial charge on any atom is -0.00132 e. The van der Waals surface area contributed by atoms with Gasteiger partial charge in [0.1, 0.15) is 0 Å². The van der Waals surface area contributed by atoms with E-state index in [1.54, 1.807) is 0 Å². The van der Waals surface area contributed by atoms with Crippen LogP contribution >= 0.6 is 0 Å². The van der Waals surface area contributed by atoms with E-state index in [4.69, 9.17) is 5.73 Å². The van der Waals surface area contributed by atoms with Gasteiger partial charge < -0.3 is 10.6 Å². The van der Waals surface area contributed by atoms with E-state index in [1.165, 1.54) is 38.9 Å². The van der Waals surface area contributed by atoms with Gasteiger partial charge in [0.25, 0.3) is 0 Å². The molecule has 2 N–H and O–H groups in total. The van der Waals surface area contributed by atoms with Crippen LogP contribution in [0.5, 0.6) is 0 Å². The minimum atomic E-state index is 0.421. The van der Waals surface area contributed by atoms with Gasteiger partial charge in [-0.25, -0.2) is 0 Å². The van der Waals surface area contributed by atoms with Crippen molar-refractivity contribution in [2.24, 2.45) is 11.1 Å². The molecule has 0 radical (unpaired) electrons. The van der Waals surface area contributed by atoms with Crippen molar-refractivity contribution >= 4 is 0 Å². The molecule has 2 heteroatoms. The summed E-state index contributed by atoms with van der Waals surface area (Å²) in [6, 6.07) is 0. The molecule has 0 aliphatic carbocycles. The van der Waals surface area contributed by atoms with Gasteiger partial charge in [0.2, 0.25) is 0 Å². The van der Waals surface area contributed by atoms with Crippen molar-refractivity contribution in [2.45, 2.75) is 33.1 Å². The van der Waals surface area contributed by atoms with Gasteiger partial charge in [-0.3, -0.25) is 0 Å². The van der Waals surface area contributed by atoms with E-state index in [-0.39, 0.29) is 0 Å². The highest BCUT2D eigenvalue weighted by Crippen LogP contribution is 2.29. The molecule has 1 heterocycles. The average Bonchev–Trinajstić information content (AvgIpc) is 2.28. The first kappa shape index (κ1) is 10.0. The number of rotatable bonds is 2. The zero-order chi connectivity index (χ0) is 9.03. The van der Waals surface area contributed by atoms with Crippen molar-refractivity contribution in [1.82, 2.24) is 4.90 Å². The normalized spacial score (nSPS) is 33.2. The predicted molar refractivity (Wildman–Crippen MR) is 53.1 cm³/mol. The zero-order valence-electron chi connectivity index (χ0n) is 8.47. The third kappa shape index (κ3) is 2.46. The second-order valence-electron chi connectivity index (χ2n) is 4.30. The lowest BCUT2D eigenvalue weighted by atomic mass is 9.83. The Morgan fingerprint density at radius 3 is 2.67 bits per heavy atom. The Morgan fingerprint density at radius 2 is 2.08 bits per heavy atom. The molecular formula is C10H22N2.